The van der Waals surface area contributed by atoms with Crippen LogP contribution in [0.5, 0.6) is 0 Å². The van der Waals surface area contributed by atoms with Crippen molar-refractivity contribution in [2.45, 2.75) is 26.3 Å². The predicted octanol–water partition coefficient (Wildman–Crippen LogP) is 4.05. The minimum atomic E-state index is 0.302. The zero-order valence-electron chi connectivity index (χ0n) is 11.4. The third-order valence-electron chi connectivity index (χ3n) is 3.26. The van der Waals surface area contributed by atoms with Crippen molar-refractivity contribution in [3.05, 3.63) is 63.9 Å². The molecule has 1 aromatic heterocycles. The highest BCUT2D eigenvalue weighted by Crippen LogP contribution is 2.22. The van der Waals surface area contributed by atoms with Crippen LogP contribution in [0.15, 0.2) is 47.2 Å². The topological polar surface area (TPSA) is 24.9 Å². The number of hydrogen-bond donors (Lipinski definition) is 1. The lowest BCUT2D eigenvalue weighted by Crippen LogP contribution is -2.23. The molecule has 0 bridgehead atoms. The Morgan fingerprint density at radius 1 is 1.26 bits per heavy atom. The van der Waals surface area contributed by atoms with Crippen molar-refractivity contribution in [2.24, 2.45) is 0 Å². The van der Waals surface area contributed by atoms with Crippen molar-refractivity contribution >= 4 is 15.9 Å². The first-order valence-electron chi connectivity index (χ1n) is 6.59. The van der Waals surface area contributed by atoms with Crippen LogP contribution < -0.4 is 5.32 Å². The van der Waals surface area contributed by atoms with Crippen LogP contribution in [-0.2, 0) is 6.42 Å². The molecule has 100 valence electrons. The van der Waals surface area contributed by atoms with E-state index in [1.165, 1.54) is 16.7 Å². The highest BCUT2D eigenvalue weighted by Gasteiger charge is 2.13. The van der Waals surface area contributed by atoms with Crippen LogP contribution in [0.3, 0.4) is 0 Å². The summed E-state index contributed by atoms with van der Waals surface area (Å²) in [6.45, 7) is 5.25. The van der Waals surface area contributed by atoms with Gasteiger partial charge < -0.3 is 5.32 Å². The van der Waals surface area contributed by atoms with E-state index >= 15 is 0 Å². The molecule has 2 rings (SSSR count). The molecule has 0 saturated carbocycles. The van der Waals surface area contributed by atoms with Crippen LogP contribution in [0.2, 0.25) is 0 Å². The molecule has 0 aliphatic carbocycles. The van der Waals surface area contributed by atoms with Gasteiger partial charge in [-0.05, 0) is 58.6 Å². The number of nitrogens with zero attached hydrogens (tertiary/aromatic N) is 1. The number of halogens is 1. The summed E-state index contributed by atoms with van der Waals surface area (Å²) in [4.78, 5) is 4.26. The van der Waals surface area contributed by atoms with E-state index in [9.17, 15) is 0 Å². The van der Waals surface area contributed by atoms with Crippen LogP contribution in [0, 0.1) is 6.92 Å². The maximum Gasteiger partial charge on any atom is 0.0410 e. The lowest BCUT2D eigenvalue weighted by atomic mass is 9.97. The highest BCUT2D eigenvalue weighted by atomic mass is 79.9. The molecule has 0 aliphatic heterocycles. The van der Waals surface area contributed by atoms with E-state index < -0.39 is 0 Å². The van der Waals surface area contributed by atoms with E-state index in [2.05, 4.69) is 70.4 Å². The quantitative estimate of drug-likeness (QED) is 0.899. The number of likely N-dealkylation sites (N-methyl/N-ethyl adjacent to an activating group) is 1. The fraction of sp³-hybridized carbons (Fsp3) is 0.312. The van der Waals surface area contributed by atoms with Gasteiger partial charge >= 0.3 is 0 Å². The molecule has 1 heterocycles. The van der Waals surface area contributed by atoms with Crippen molar-refractivity contribution in [1.82, 2.24) is 10.3 Å². The minimum Gasteiger partial charge on any atom is -0.310 e. The molecular weight excluding hydrogens is 300 g/mol. The number of rotatable bonds is 5. The summed E-state index contributed by atoms with van der Waals surface area (Å²) in [7, 11) is 0. The number of nitrogens with one attached hydrogen (secondary N) is 1. The Balaban J connectivity index is 2.24. The zero-order valence-corrected chi connectivity index (χ0v) is 12.9. The van der Waals surface area contributed by atoms with Crippen molar-refractivity contribution in [3.63, 3.8) is 0 Å². The molecule has 1 N–H and O–H groups in total. The Bertz CT molecular complexity index is 540. The van der Waals surface area contributed by atoms with E-state index in [0.29, 0.717) is 6.04 Å². The van der Waals surface area contributed by atoms with Crippen LogP contribution in [0.4, 0.5) is 0 Å². The van der Waals surface area contributed by atoms with Crippen LogP contribution in [0.1, 0.15) is 29.7 Å². The normalized spacial score (nSPS) is 12.4. The molecule has 0 amide bonds. The molecule has 3 heteroatoms. The van der Waals surface area contributed by atoms with Gasteiger partial charge in [-0.25, -0.2) is 0 Å². The number of benzene rings is 1. The average molecular weight is 319 g/mol. The van der Waals surface area contributed by atoms with Crippen molar-refractivity contribution in [1.29, 1.82) is 0 Å². The SMILES string of the molecule is CCNC(Cc1ccccc1C)c1cncc(Br)c1. The molecule has 0 aliphatic rings. The van der Waals surface area contributed by atoms with Gasteiger partial charge in [0.2, 0.25) is 0 Å². The third kappa shape index (κ3) is 3.88. The van der Waals surface area contributed by atoms with Gasteiger partial charge in [-0.2, -0.15) is 0 Å². The lowest BCUT2D eigenvalue weighted by Gasteiger charge is -2.19. The molecule has 0 saturated heterocycles. The van der Waals surface area contributed by atoms with E-state index in [0.717, 1.165) is 17.4 Å². The number of pyridine rings is 1. The molecule has 1 atom stereocenters. The molecule has 2 nitrogen and oxygen atoms in total. The van der Waals surface area contributed by atoms with Gasteiger partial charge in [0.05, 0.1) is 0 Å². The highest BCUT2D eigenvalue weighted by molar-refractivity contribution is 9.10. The van der Waals surface area contributed by atoms with E-state index in [1.807, 2.05) is 12.4 Å². The molecule has 2 aromatic rings. The Morgan fingerprint density at radius 3 is 2.74 bits per heavy atom. The maximum absolute atomic E-state index is 4.26. The Labute approximate surface area is 123 Å². The molecule has 0 radical (unpaired) electrons. The summed E-state index contributed by atoms with van der Waals surface area (Å²) in [6.07, 6.45) is 4.75. The van der Waals surface area contributed by atoms with Crippen LogP contribution >= 0.6 is 15.9 Å². The summed E-state index contributed by atoms with van der Waals surface area (Å²) < 4.78 is 1.03. The molecule has 19 heavy (non-hydrogen) atoms. The van der Waals surface area contributed by atoms with Gasteiger partial charge in [0.25, 0.3) is 0 Å². The molecule has 0 fully saturated rings. The van der Waals surface area contributed by atoms with Crippen molar-refractivity contribution in [2.75, 3.05) is 6.54 Å². The van der Waals surface area contributed by atoms with E-state index in [1.54, 1.807) is 0 Å². The number of aromatic nitrogens is 1. The summed E-state index contributed by atoms with van der Waals surface area (Å²) in [6, 6.07) is 11.0. The number of aryl methyl sites for hydroxylation is 1. The van der Waals surface area contributed by atoms with Gasteiger partial charge in [0.15, 0.2) is 0 Å². The first-order chi connectivity index (χ1) is 9.20. The second-order valence-electron chi connectivity index (χ2n) is 4.68. The zero-order chi connectivity index (χ0) is 13.7. The summed E-state index contributed by atoms with van der Waals surface area (Å²) in [5.74, 6) is 0. The third-order valence-corrected chi connectivity index (χ3v) is 3.70. The van der Waals surface area contributed by atoms with Crippen LogP contribution in [0.25, 0.3) is 0 Å². The van der Waals surface area contributed by atoms with E-state index in [-0.39, 0.29) is 0 Å². The van der Waals surface area contributed by atoms with Gasteiger partial charge in [0.1, 0.15) is 0 Å². The average Bonchev–Trinajstić information content (AvgIpc) is 2.40. The van der Waals surface area contributed by atoms with Crippen LogP contribution in [-0.4, -0.2) is 11.5 Å². The summed E-state index contributed by atoms with van der Waals surface area (Å²) >= 11 is 3.49. The smallest absolute Gasteiger partial charge is 0.0410 e. The fourth-order valence-corrected chi connectivity index (χ4v) is 2.61. The molecule has 1 unspecified atom stereocenters. The Kier molecular flexibility index (Phi) is 5.11. The van der Waals surface area contributed by atoms with Gasteiger partial charge in [-0.15, -0.1) is 0 Å². The minimum absolute atomic E-state index is 0.302. The summed E-state index contributed by atoms with van der Waals surface area (Å²) in [5.41, 5.74) is 3.95. The number of hydrogen-bond acceptors (Lipinski definition) is 2. The Hall–Kier alpha value is -1.19. The van der Waals surface area contributed by atoms with Crippen molar-refractivity contribution < 1.29 is 0 Å². The second kappa shape index (κ2) is 6.83. The molecule has 1 aromatic carbocycles. The van der Waals surface area contributed by atoms with Gasteiger partial charge in [0, 0.05) is 22.9 Å². The van der Waals surface area contributed by atoms with Gasteiger partial charge in [-0.3, -0.25) is 4.98 Å². The summed E-state index contributed by atoms with van der Waals surface area (Å²) in [5, 5.41) is 3.54. The molecular formula is C16H19BrN2. The monoisotopic (exact) mass is 318 g/mol. The lowest BCUT2D eigenvalue weighted by molar-refractivity contribution is 0.547. The van der Waals surface area contributed by atoms with Crippen molar-refractivity contribution in [3.8, 4) is 0 Å². The maximum atomic E-state index is 4.26. The first-order valence-corrected chi connectivity index (χ1v) is 7.38. The largest absolute Gasteiger partial charge is 0.310 e. The predicted molar refractivity (Wildman–Crippen MR) is 83.2 cm³/mol. The standard InChI is InChI=1S/C16H19BrN2/c1-3-19-16(14-8-15(17)11-18-10-14)9-13-7-5-4-6-12(13)2/h4-8,10-11,16,19H,3,9H2,1-2H3. The molecule has 0 spiro atoms. The first kappa shape index (κ1) is 14.2. The van der Waals surface area contributed by atoms with E-state index in [4.69, 9.17) is 0 Å². The fourth-order valence-electron chi connectivity index (χ4n) is 2.23. The second-order valence-corrected chi connectivity index (χ2v) is 5.59. The van der Waals surface area contributed by atoms with Gasteiger partial charge in [-0.1, -0.05) is 31.2 Å². The Morgan fingerprint density at radius 2 is 2.05 bits per heavy atom.